The lowest BCUT2D eigenvalue weighted by Crippen LogP contribution is -2.64. The molecule has 35 heavy (non-hydrogen) atoms. The maximum absolute atomic E-state index is 13.8. The molecule has 4 heterocycles. The molecule has 2 atom stereocenters. The molecular weight excluding hydrogens is 446 g/mol. The summed E-state index contributed by atoms with van der Waals surface area (Å²) in [6.45, 7) is 9.36. The topological polar surface area (TPSA) is 124 Å². The molecule has 2 amide bonds. The van der Waals surface area contributed by atoms with Crippen LogP contribution in [0.3, 0.4) is 0 Å². The van der Waals surface area contributed by atoms with E-state index in [4.69, 9.17) is 5.41 Å². The van der Waals surface area contributed by atoms with Gasteiger partial charge in [-0.25, -0.2) is 0 Å². The Kier molecular flexibility index (Phi) is 6.29. The average molecular weight is 474 g/mol. The van der Waals surface area contributed by atoms with Crippen LogP contribution in [0.5, 0.6) is 0 Å². The van der Waals surface area contributed by atoms with Gasteiger partial charge in [-0.2, -0.15) is 0 Å². The lowest BCUT2D eigenvalue weighted by atomic mass is 9.97. The fraction of sp³-hybridized carbons (Fsp3) is 0.320. The number of amides is 2. The zero-order valence-corrected chi connectivity index (χ0v) is 19.9. The van der Waals surface area contributed by atoms with E-state index in [1.165, 1.54) is 18.0 Å². The summed E-state index contributed by atoms with van der Waals surface area (Å²) >= 11 is 0. The van der Waals surface area contributed by atoms with Crippen LogP contribution in [0.4, 0.5) is 0 Å². The van der Waals surface area contributed by atoms with Gasteiger partial charge in [-0.15, -0.1) is 0 Å². The van der Waals surface area contributed by atoms with Crippen LogP contribution in [0.2, 0.25) is 0 Å². The van der Waals surface area contributed by atoms with E-state index in [0.29, 0.717) is 17.7 Å². The standard InChI is InChI=1S/C25H27N7O3/c1-16(2)29-12-22(27-4)25-15-30-13-19(18-6-5-7-28-11-18)10-21(30)24(35)32(25)9-8-31(25)23(34)20(14-33)17(3)26/h5-7,10-14,20,26H,4,8-9,15H2,1-3H3. The molecule has 10 nitrogen and oxygen atoms in total. The summed E-state index contributed by atoms with van der Waals surface area (Å²) in [5.41, 5.74) is 1.80. The van der Waals surface area contributed by atoms with Gasteiger partial charge < -0.3 is 24.6 Å². The van der Waals surface area contributed by atoms with Gasteiger partial charge in [-0.3, -0.25) is 24.6 Å². The zero-order valence-electron chi connectivity index (χ0n) is 19.9. The van der Waals surface area contributed by atoms with Crippen LogP contribution < -0.4 is 0 Å². The van der Waals surface area contributed by atoms with Gasteiger partial charge >= 0.3 is 0 Å². The summed E-state index contributed by atoms with van der Waals surface area (Å²) in [7, 11) is 0. The Labute approximate surface area is 203 Å². The van der Waals surface area contributed by atoms with Crippen molar-refractivity contribution in [2.24, 2.45) is 15.9 Å². The van der Waals surface area contributed by atoms with Crippen LogP contribution in [-0.4, -0.2) is 74.3 Å². The molecule has 1 N–H and O–H groups in total. The molecule has 0 spiro atoms. The van der Waals surface area contributed by atoms with Crippen molar-refractivity contribution >= 4 is 36.2 Å². The number of carbonyl (C=O) groups excluding carboxylic acids is 3. The van der Waals surface area contributed by atoms with E-state index in [-0.39, 0.29) is 31.3 Å². The van der Waals surface area contributed by atoms with E-state index in [0.717, 1.165) is 16.8 Å². The van der Waals surface area contributed by atoms with Crippen LogP contribution in [0.15, 0.2) is 58.7 Å². The van der Waals surface area contributed by atoms with Crippen molar-refractivity contribution in [3.8, 4) is 11.1 Å². The molecular formula is C25H27N7O3. The highest BCUT2D eigenvalue weighted by atomic mass is 16.2. The number of rotatable bonds is 7. The van der Waals surface area contributed by atoms with Gasteiger partial charge in [0.15, 0.2) is 5.66 Å². The van der Waals surface area contributed by atoms with Gasteiger partial charge in [0, 0.05) is 54.2 Å². The van der Waals surface area contributed by atoms with Gasteiger partial charge in [-0.1, -0.05) is 6.07 Å². The first kappa shape index (κ1) is 23.9. The SMILES string of the molecule is C=NC(=CN=C(C)C)C12Cn3cc(-c4cccnc4)cc3C(=O)N1CCN2C(=O)C(C=O)C(C)=N. The predicted molar refractivity (Wildman–Crippen MR) is 133 cm³/mol. The van der Waals surface area contributed by atoms with Crippen molar-refractivity contribution in [3.05, 3.63) is 54.4 Å². The number of nitrogens with zero attached hydrogens (tertiary/aromatic N) is 6. The number of hydrogen-bond donors (Lipinski definition) is 1. The Hall–Kier alpha value is -4.21. The molecule has 180 valence electrons. The number of hydrogen-bond acceptors (Lipinski definition) is 7. The van der Waals surface area contributed by atoms with E-state index in [9.17, 15) is 14.4 Å². The van der Waals surface area contributed by atoms with Crippen molar-refractivity contribution < 1.29 is 14.4 Å². The third-order valence-corrected chi connectivity index (χ3v) is 6.35. The highest BCUT2D eigenvalue weighted by Crippen LogP contribution is 2.42. The molecule has 2 aliphatic heterocycles. The number of aromatic nitrogens is 2. The predicted octanol–water partition coefficient (Wildman–Crippen LogP) is 2.42. The summed E-state index contributed by atoms with van der Waals surface area (Å²) in [6.07, 6.45) is 7.22. The Morgan fingerprint density at radius 1 is 1.29 bits per heavy atom. The molecule has 1 fully saturated rings. The van der Waals surface area contributed by atoms with E-state index in [1.54, 1.807) is 21.9 Å². The van der Waals surface area contributed by atoms with Crippen molar-refractivity contribution in [1.29, 1.82) is 5.41 Å². The number of aldehydes is 1. The maximum atomic E-state index is 13.8. The van der Waals surface area contributed by atoms with Gasteiger partial charge in [0.05, 0.1) is 12.7 Å². The second-order valence-corrected chi connectivity index (χ2v) is 8.79. The number of nitrogens with one attached hydrogen (secondary N) is 1. The molecule has 1 saturated heterocycles. The Balaban J connectivity index is 1.90. The second kappa shape index (κ2) is 9.21. The normalized spacial score (nSPS) is 20.1. The lowest BCUT2D eigenvalue weighted by molar-refractivity contribution is -0.141. The highest BCUT2D eigenvalue weighted by Gasteiger charge is 2.58. The number of fused-ring (bicyclic) bond motifs is 2. The van der Waals surface area contributed by atoms with Gasteiger partial charge in [0.2, 0.25) is 5.91 Å². The van der Waals surface area contributed by atoms with E-state index in [2.05, 4.69) is 21.7 Å². The summed E-state index contributed by atoms with van der Waals surface area (Å²) in [4.78, 5) is 54.8. The number of aliphatic imine (C=N–C) groups is 2. The summed E-state index contributed by atoms with van der Waals surface area (Å²) in [5, 5.41) is 7.94. The van der Waals surface area contributed by atoms with Crippen LogP contribution >= 0.6 is 0 Å². The molecule has 0 aliphatic carbocycles. The fourth-order valence-corrected chi connectivity index (χ4v) is 4.67. The molecule has 0 radical (unpaired) electrons. The number of pyridine rings is 1. The molecule has 2 aromatic heterocycles. The minimum absolute atomic E-state index is 0.0687. The zero-order chi connectivity index (χ0) is 25.3. The van der Waals surface area contributed by atoms with Crippen LogP contribution in [0.1, 0.15) is 31.3 Å². The molecule has 4 rings (SSSR count). The van der Waals surface area contributed by atoms with E-state index < -0.39 is 17.5 Å². The van der Waals surface area contributed by atoms with Crippen molar-refractivity contribution in [2.75, 3.05) is 13.1 Å². The second-order valence-electron chi connectivity index (χ2n) is 8.79. The molecule has 10 heteroatoms. The molecule has 0 bridgehead atoms. The monoisotopic (exact) mass is 473 g/mol. The largest absolute Gasteiger partial charge is 0.338 e. The molecule has 2 aliphatic rings. The molecule has 2 aromatic rings. The molecule has 2 unspecified atom stereocenters. The van der Waals surface area contributed by atoms with Gasteiger partial charge in [-0.05, 0) is 39.6 Å². The minimum Gasteiger partial charge on any atom is -0.338 e. The highest BCUT2D eigenvalue weighted by molar-refractivity contribution is 6.13. The Morgan fingerprint density at radius 2 is 2.06 bits per heavy atom. The van der Waals surface area contributed by atoms with E-state index >= 15 is 0 Å². The minimum atomic E-state index is -1.34. The molecule has 0 aromatic carbocycles. The first-order valence-corrected chi connectivity index (χ1v) is 11.2. The first-order chi connectivity index (χ1) is 16.7. The van der Waals surface area contributed by atoms with E-state index in [1.807, 2.05) is 38.2 Å². The average Bonchev–Trinajstić information content (AvgIpc) is 3.43. The van der Waals surface area contributed by atoms with Crippen molar-refractivity contribution in [2.45, 2.75) is 33.0 Å². The third kappa shape index (κ3) is 3.90. The smallest absolute Gasteiger partial charge is 0.272 e. The quantitative estimate of drug-likeness (QED) is 0.377. The van der Waals surface area contributed by atoms with Crippen LogP contribution in [0.25, 0.3) is 11.1 Å². The lowest BCUT2D eigenvalue weighted by Gasteiger charge is -2.47. The van der Waals surface area contributed by atoms with Crippen LogP contribution in [-0.2, 0) is 16.1 Å². The van der Waals surface area contributed by atoms with Gasteiger partial charge in [0.25, 0.3) is 5.91 Å². The Morgan fingerprint density at radius 3 is 2.66 bits per heavy atom. The van der Waals surface area contributed by atoms with Gasteiger partial charge in [0.1, 0.15) is 23.6 Å². The maximum Gasteiger partial charge on any atom is 0.272 e. The van der Waals surface area contributed by atoms with Crippen molar-refractivity contribution in [1.82, 2.24) is 19.4 Å². The van der Waals surface area contributed by atoms with Crippen LogP contribution in [0, 0.1) is 11.3 Å². The summed E-state index contributed by atoms with van der Waals surface area (Å²) < 4.78 is 1.79. The van der Waals surface area contributed by atoms with Crippen molar-refractivity contribution in [3.63, 3.8) is 0 Å². The third-order valence-electron chi connectivity index (χ3n) is 6.35. The number of carbonyl (C=O) groups is 3. The fourth-order valence-electron chi connectivity index (χ4n) is 4.67. The summed E-state index contributed by atoms with van der Waals surface area (Å²) in [6, 6.07) is 5.53. The molecule has 0 saturated carbocycles. The first-order valence-electron chi connectivity index (χ1n) is 11.2. The Bertz CT molecular complexity index is 1270. The summed E-state index contributed by atoms with van der Waals surface area (Å²) in [5.74, 6) is -2.08.